The minimum atomic E-state index is -1.45. The topological polar surface area (TPSA) is 128 Å². The molecule has 0 aliphatic carbocycles. The van der Waals surface area contributed by atoms with Crippen molar-refractivity contribution < 1.29 is 29.3 Å². The number of carbonyl (C=O) groups excluding carboxylic acids is 3. The van der Waals surface area contributed by atoms with Gasteiger partial charge in [0.2, 0.25) is 17.7 Å². The van der Waals surface area contributed by atoms with Crippen molar-refractivity contribution in [3.8, 4) is 11.5 Å². The van der Waals surface area contributed by atoms with E-state index in [9.17, 15) is 24.6 Å². The van der Waals surface area contributed by atoms with Gasteiger partial charge in [-0.1, -0.05) is 17.7 Å². The predicted octanol–water partition coefficient (Wildman–Crippen LogP) is 1.89. The first-order chi connectivity index (χ1) is 16.8. The predicted molar refractivity (Wildman–Crippen MR) is 125 cm³/mol. The standard InChI is InChI=1S/C25H24ClN3O6/c26-13-4-5-16-15(10-13)25(24(34)27-16)21-20(17(28-25)8-12-3-6-18(30)19(31)9-12)22(32)29(23(21)33)11-14-2-1-7-35-14/h3-6,9-10,14,17,20-21,28,30-31H,1-2,7-8,11H2,(H,27,34)/t14?,17-,20-,21+,25+/m0/s1. The molecular weight excluding hydrogens is 474 g/mol. The zero-order valence-electron chi connectivity index (χ0n) is 18.7. The van der Waals surface area contributed by atoms with Crippen LogP contribution in [0.25, 0.3) is 0 Å². The summed E-state index contributed by atoms with van der Waals surface area (Å²) in [5.74, 6) is -3.42. The number of anilines is 1. The van der Waals surface area contributed by atoms with E-state index in [4.69, 9.17) is 16.3 Å². The maximum absolute atomic E-state index is 13.8. The third kappa shape index (κ3) is 3.26. The second kappa shape index (κ2) is 7.94. The van der Waals surface area contributed by atoms with Gasteiger partial charge in [0.25, 0.3) is 0 Å². The van der Waals surface area contributed by atoms with Gasteiger partial charge in [0.1, 0.15) is 5.54 Å². The van der Waals surface area contributed by atoms with Crippen molar-refractivity contribution in [3.05, 3.63) is 52.5 Å². The number of carbonyl (C=O) groups is 3. The first kappa shape index (κ1) is 22.3. The zero-order valence-corrected chi connectivity index (χ0v) is 19.4. The number of halogens is 1. The molecule has 0 aromatic heterocycles. The Morgan fingerprint density at radius 3 is 2.66 bits per heavy atom. The number of aromatic hydroxyl groups is 2. The Morgan fingerprint density at radius 1 is 1.09 bits per heavy atom. The molecule has 0 saturated carbocycles. The van der Waals surface area contributed by atoms with E-state index in [2.05, 4.69) is 10.6 Å². The molecule has 5 atom stereocenters. The molecule has 2 aromatic rings. The maximum atomic E-state index is 13.8. The van der Waals surface area contributed by atoms with Crippen molar-refractivity contribution in [2.45, 2.75) is 36.9 Å². The normalized spacial score (nSPS) is 31.3. The molecule has 182 valence electrons. The Morgan fingerprint density at radius 2 is 1.91 bits per heavy atom. The Kier molecular flexibility index (Phi) is 5.07. The van der Waals surface area contributed by atoms with Crippen LogP contribution in [0.5, 0.6) is 11.5 Å². The van der Waals surface area contributed by atoms with E-state index >= 15 is 0 Å². The van der Waals surface area contributed by atoms with Gasteiger partial charge in [-0.15, -0.1) is 0 Å². The fourth-order valence-electron chi connectivity index (χ4n) is 6.13. The van der Waals surface area contributed by atoms with E-state index in [0.29, 0.717) is 28.4 Å². The molecule has 4 heterocycles. The Bertz CT molecular complexity index is 1260. The number of imide groups is 1. The molecule has 9 nitrogen and oxygen atoms in total. The van der Waals surface area contributed by atoms with E-state index in [-0.39, 0.29) is 36.5 Å². The number of rotatable bonds is 4. The fourth-order valence-corrected chi connectivity index (χ4v) is 6.30. The summed E-state index contributed by atoms with van der Waals surface area (Å²) < 4.78 is 5.68. The quantitative estimate of drug-likeness (QED) is 0.375. The molecule has 35 heavy (non-hydrogen) atoms. The van der Waals surface area contributed by atoms with Gasteiger partial charge in [0.15, 0.2) is 11.5 Å². The highest BCUT2D eigenvalue weighted by atomic mass is 35.5. The van der Waals surface area contributed by atoms with Gasteiger partial charge in [0.05, 0.1) is 24.5 Å². The van der Waals surface area contributed by atoms with Crippen LogP contribution < -0.4 is 10.6 Å². The van der Waals surface area contributed by atoms with Gasteiger partial charge in [-0.25, -0.2) is 0 Å². The van der Waals surface area contributed by atoms with Crippen molar-refractivity contribution >= 4 is 35.0 Å². The van der Waals surface area contributed by atoms with Gasteiger partial charge < -0.3 is 20.3 Å². The summed E-state index contributed by atoms with van der Waals surface area (Å²) in [6.07, 6.45) is 1.69. The Balaban J connectivity index is 1.43. The molecule has 4 aliphatic rings. The van der Waals surface area contributed by atoms with Crippen LogP contribution >= 0.6 is 11.6 Å². The highest BCUT2D eigenvalue weighted by Gasteiger charge is 2.70. The van der Waals surface area contributed by atoms with Gasteiger partial charge in [-0.2, -0.15) is 0 Å². The Labute approximate surface area is 206 Å². The Hall–Kier alpha value is -3.14. The first-order valence-corrected chi connectivity index (χ1v) is 12.0. The summed E-state index contributed by atoms with van der Waals surface area (Å²) in [6, 6.07) is 8.87. The molecule has 10 heteroatoms. The van der Waals surface area contributed by atoms with Crippen LogP contribution in [0.2, 0.25) is 5.02 Å². The number of likely N-dealkylation sites (tertiary alicyclic amines) is 1. The highest BCUT2D eigenvalue weighted by molar-refractivity contribution is 6.31. The molecule has 4 N–H and O–H groups in total. The minimum Gasteiger partial charge on any atom is -0.504 e. The largest absolute Gasteiger partial charge is 0.504 e. The number of ether oxygens (including phenoxy) is 1. The van der Waals surface area contributed by atoms with Crippen LogP contribution in [0.15, 0.2) is 36.4 Å². The SMILES string of the molecule is O=C1[C@H]2[C@H](Cc3ccc(O)c(O)c3)N[C@@]3(C(=O)Nc4ccc(Cl)cc43)[C@H]2C(=O)N1CC1CCCO1. The van der Waals surface area contributed by atoms with Gasteiger partial charge in [-0.3, -0.25) is 24.6 Å². The third-order valence-corrected chi connectivity index (χ3v) is 7.91. The highest BCUT2D eigenvalue weighted by Crippen LogP contribution is 2.54. The monoisotopic (exact) mass is 497 g/mol. The van der Waals surface area contributed by atoms with Gasteiger partial charge >= 0.3 is 0 Å². The molecule has 4 aliphatic heterocycles. The number of phenolic OH excluding ortho intramolecular Hbond substituents is 2. The lowest BCUT2D eigenvalue weighted by molar-refractivity contribution is -0.144. The number of nitrogens with one attached hydrogen (secondary N) is 2. The van der Waals surface area contributed by atoms with E-state index in [1.165, 1.54) is 17.0 Å². The summed E-state index contributed by atoms with van der Waals surface area (Å²) in [6.45, 7) is 0.762. The summed E-state index contributed by atoms with van der Waals surface area (Å²) in [5, 5.41) is 26.3. The van der Waals surface area contributed by atoms with E-state index in [1.807, 2.05) is 0 Å². The number of amides is 3. The average Bonchev–Trinajstić information content (AvgIpc) is 3.56. The molecule has 0 radical (unpaired) electrons. The molecule has 3 saturated heterocycles. The smallest absolute Gasteiger partial charge is 0.250 e. The summed E-state index contributed by atoms with van der Waals surface area (Å²) >= 11 is 6.28. The van der Waals surface area contributed by atoms with Crippen molar-refractivity contribution in [2.24, 2.45) is 11.8 Å². The van der Waals surface area contributed by atoms with E-state index in [1.54, 1.807) is 24.3 Å². The van der Waals surface area contributed by atoms with Crippen molar-refractivity contribution in [3.63, 3.8) is 0 Å². The summed E-state index contributed by atoms with van der Waals surface area (Å²) in [4.78, 5) is 42.3. The summed E-state index contributed by atoms with van der Waals surface area (Å²) in [7, 11) is 0. The first-order valence-electron chi connectivity index (χ1n) is 11.7. The number of benzene rings is 2. The second-order valence-electron chi connectivity index (χ2n) is 9.66. The van der Waals surface area contributed by atoms with Crippen LogP contribution in [0, 0.1) is 11.8 Å². The van der Waals surface area contributed by atoms with Crippen LogP contribution in [-0.4, -0.2) is 58.1 Å². The number of phenols is 2. The molecule has 0 bridgehead atoms. The third-order valence-electron chi connectivity index (χ3n) is 7.67. The van der Waals surface area contributed by atoms with Crippen LogP contribution in [-0.2, 0) is 31.1 Å². The van der Waals surface area contributed by atoms with Crippen LogP contribution in [0.3, 0.4) is 0 Å². The summed E-state index contributed by atoms with van der Waals surface area (Å²) in [5.41, 5.74) is 0.288. The van der Waals surface area contributed by atoms with Crippen molar-refractivity contribution in [2.75, 3.05) is 18.5 Å². The lowest BCUT2D eigenvalue weighted by Gasteiger charge is -2.30. The number of nitrogens with zero attached hydrogens (tertiary/aromatic N) is 1. The number of hydrogen-bond acceptors (Lipinski definition) is 7. The van der Waals surface area contributed by atoms with Crippen LogP contribution in [0.4, 0.5) is 5.69 Å². The van der Waals surface area contributed by atoms with Gasteiger partial charge in [0, 0.05) is 28.9 Å². The molecular formula is C25H24ClN3O6. The van der Waals surface area contributed by atoms with Gasteiger partial charge in [-0.05, 0) is 55.2 Å². The molecule has 3 fully saturated rings. The van der Waals surface area contributed by atoms with E-state index in [0.717, 1.165) is 12.8 Å². The maximum Gasteiger partial charge on any atom is 0.250 e. The average molecular weight is 498 g/mol. The molecule has 3 amide bonds. The molecule has 1 spiro atoms. The molecule has 2 aromatic carbocycles. The number of fused-ring (bicyclic) bond motifs is 4. The van der Waals surface area contributed by atoms with Crippen molar-refractivity contribution in [1.82, 2.24) is 10.2 Å². The minimum absolute atomic E-state index is 0.164. The fraction of sp³-hybridized carbons (Fsp3) is 0.400. The zero-order chi connectivity index (χ0) is 24.5. The number of hydrogen-bond donors (Lipinski definition) is 4. The lowest BCUT2D eigenvalue weighted by atomic mass is 9.76. The second-order valence-corrected chi connectivity index (χ2v) is 10.1. The lowest BCUT2D eigenvalue weighted by Crippen LogP contribution is -2.54. The van der Waals surface area contributed by atoms with E-state index < -0.39 is 35.2 Å². The van der Waals surface area contributed by atoms with Crippen LogP contribution in [0.1, 0.15) is 24.0 Å². The molecule has 6 rings (SSSR count). The molecule has 1 unspecified atom stereocenters. The van der Waals surface area contributed by atoms with Crippen molar-refractivity contribution in [1.29, 1.82) is 0 Å².